The molecule has 7 heteroatoms. The molecule has 3 nitrogen and oxygen atoms in total. The molecular weight excluding hydrogens is 353 g/mol. The molecule has 22 heavy (non-hydrogen) atoms. The maximum absolute atomic E-state index is 12.1. The van der Waals surface area contributed by atoms with E-state index in [2.05, 4.69) is 32.6 Å². The normalized spacial score (nSPS) is 14.7. The monoisotopic (exact) mass is 387 g/mol. The Bertz CT molecular complexity index is 303. The van der Waals surface area contributed by atoms with Gasteiger partial charge in [-0.2, -0.15) is 23.5 Å². The molecule has 0 aromatic heterocycles. The van der Waals surface area contributed by atoms with Gasteiger partial charge in [-0.1, -0.05) is 39.1 Å². The van der Waals surface area contributed by atoms with E-state index in [4.69, 9.17) is 4.52 Å². The average Bonchev–Trinajstić information content (AvgIpc) is 2.47. The lowest BCUT2D eigenvalue weighted by molar-refractivity contribution is 0.282. The van der Waals surface area contributed by atoms with Crippen LogP contribution in [-0.2, 0) is 9.09 Å². The quantitative estimate of drug-likeness (QED) is 0.289. The second-order valence-corrected chi connectivity index (χ2v) is 13.2. The third kappa shape index (κ3) is 14.8. The summed E-state index contributed by atoms with van der Waals surface area (Å²) in [5.74, 6) is 6.04. The molecule has 0 N–H and O–H groups in total. The molecule has 0 fully saturated rings. The molecule has 0 aliphatic carbocycles. The van der Waals surface area contributed by atoms with Crippen molar-refractivity contribution in [1.82, 2.24) is 4.90 Å². The maximum Gasteiger partial charge on any atom is 0.254 e. The highest BCUT2D eigenvalue weighted by Crippen LogP contribution is 2.56. The van der Waals surface area contributed by atoms with Gasteiger partial charge in [-0.15, -0.1) is 0 Å². The Labute approximate surface area is 150 Å². The Balaban J connectivity index is 3.41. The standard InChI is InChI=1S/C15H34NO2PS3/c1-6-16(7-2)8-9-20-10-11-21-12-13-22-19(5,17)18-14-15(3)4/h15H,6-14H2,1-5H3. The molecule has 0 aromatic rings. The van der Waals surface area contributed by atoms with E-state index in [0.29, 0.717) is 12.5 Å². The molecule has 0 aliphatic heterocycles. The first-order valence-corrected chi connectivity index (χ1v) is 14.1. The lowest BCUT2D eigenvalue weighted by Gasteiger charge is -2.17. The number of thioether (sulfide) groups is 2. The maximum atomic E-state index is 12.1. The second-order valence-electron chi connectivity index (χ2n) is 5.55. The van der Waals surface area contributed by atoms with Crippen LogP contribution < -0.4 is 0 Å². The predicted octanol–water partition coefficient (Wildman–Crippen LogP) is 5.02. The van der Waals surface area contributed by atoms with Crippen molar-refractivity contribution in [2.24, 2.45) is 5.92 Å². The predicted molar refractivity (Wildman–Crippen MR) is 109 cm³/mol. The topological polar surface area (TPSA) is 29.5 Å². The van der Waals surface area contributed by atoms with Crippen LogP contribution >= 0.6 is 41.5 Å². The van der Waals surface area contributed by atoms with Gasteiger partial charge < -0.3 is 9.42 Å². The van der Waals surface area contributed by atoms with E-state index in [1.165, 1.54) is 35.2 Å². The highest BCUT2D eigenvalue weighted by Gasteiger charge is 2.16. The van der Waals surface area contributed by atoms with E-state index in [1.54, 1.807) is 6.66 Å². The van der Waals surface area contributed by atoms with Crippen LogP contribution in [0.25, 0.3) is 0 Å². The highest BCUT2D eigenvalue weighted by atomic mass is 32.7. The van der Waals surface area contributed by atoms with Crippen molar-refractivity contribution in [2.45, 2.75) is 27.7 Å². The zero-order valence-corrected chi connectivity index (χ0v) is 18.2. The third-order valence-corrected chi connectivity index (χ3v) is 9.23. The lowest BCUT2D eigenvalue weighted by atomic mass is 10.2. The summed E-state index contributed by atoms with van der Waals surface area (Å²) in [7, 11) is 0. The summed E-state index contributed by atoms with van der Waals surface area (Å²) < 4.78 is 17.6. The molecule has 0 saturated heterocycles. The summed E-state index contributed by atoms with van der Waals surface area (Å²) in [5.41, 5.74) is 0. The van der Waals surface area contributed by atoms with Gasteiger partial charge in [0, 0.05) is 42.0 Å². The van der Waals surface area contributed by atoms with Crippen molar-refractivity contribution in [3.63, 3.8) is 0 Å². The number of hydrogen-bond donors (Lipinski definition) is 0. The summed E-state index contributed by atoms with van der Waals surface area (Å²) in [6.45, 7) is 12.0. The number of nitrogens with zero attached hydrogens (tertiary/aromatic N) is 1. The van der Waals surface area contributed by atoms with Crippen LogP contribution in [0.1, 0.15) is 27.7 Å². The average molecular weight is 388 g/mol. The van der Waals surface area contributed by atoms with Crippen molar-refractivity contribution in [3.05, 3.63) is 0 Å². The van der Waals surface area contributed by atoms with E-state index >= 15 is 0 Å². The molecule has 0 rings (SSSR count). The molecule has 0 saturated carbocycles. The Morgan fingerprint density at radius 3 is 2.09 bits per heavy atom. The molecular formula is C15H34NO2PS3. The first kappa shape index (κ1) is 23.2. The van der Waals surface area contributed by atoms with Gasteiger partial charge in [-0.05, 0) is 19.0 Å². The van der Waals surface area contributed by atoms with Gasteiger partial charge in [0.1, 0.15) is 0 Å². The number of rotatable bonds is 15. The minimum Gasteiger partial charge on any atom is -0.321 e. The second kappa shape index (κ2) is 14.5. The zero-order chi connectivity index (χ0) is 16.8. The van der Waals surface area contributed by atoms with Crippen LogP contribution in [0.5, 0.6) is 0 Å². The van der Waals surface area contributed by atoms with Gasteiger partial charge in [-0.3, -0.25) is 4.57 Å². The van der Waals surface area contributed by atoms with Gasteiger partial charge in [0.15, 0.2) is 0 Å². The van der Waals surface area contributed by atoms with Crippen molar-refractivity contribution in [1.29, 1.82) is 0 Å². The summed E-state index contributed by atoms with van der Waals surface area (Å²) in [4.78, 5) is 2.47. The van der Waals surface area contributed by atoms with E-state index in [9.17, 15) is 4.57 Å². The van der Waals surface area contributed by atoms with E-state index in [0.717, 1.165) is 24.6 Å². The first-order chi connectivity index (χ1) is 10.4. The van der Waals surface area contributed by atoms with Crippen molar-refractivity contribution in [2.75, 3.05) is 61.7 Å². The molecule has 0 aliphatic rings. The van der Waals surface area contributed by atoms with Gasteiger partial charge in [0.2, 0.25) is 0 Å². The largest absolute Gasteiger partial charge is 0.321 e. The van der Waals surface area contributed by atoms with Gasteiger partial charge in [0.05, 0.1) is 6.61 Å². The molecule has 0 radical (unpaired) electrons. The molecule has 0 amide bonds. The summed E-state index contributed by atoms with van der Waals surface area (Å²) in [6.07, 6.45) is 0. The zero-order valence-electron chi connectivity index (χ0n) is 14.9. The van der Waals surface area contributed by atoms with E-state index in [1.807, 2.05) is 23.5 Å². The molecule has 134 valence electrons. The first-order valence-electron chi connectivity index (χ1n) is 8.15. The molecule has 0 spiro atoms. The Kier molecular flexibility index (Phi) is 15.3. The van der Waals surface area contributed by atoms with Gasteiger partial charge in [0.25, 0.3) is 6.57 Å². The number of hydrogen-bond acceptors (Lipinski definition) is 6. The van der Waals surface area contributed by atoms with Crippen LogP contribution in [-0.4, -0.2) is 66.6 Å². The molecule has 0 heterocycles. The van der Waals surface area contributed by atoms with E-state index < -0.39 is 6.57 Å². The van der Waals surface area contributed by atoms with Crippen LogP contribution in [0.3, 0.4) is 0 Å². The van der Waals surface area contributed by atoms with Crippen LogP contribution in [0.2, 0.25) is 0 Å². The van der Waals surface area contributed by atoms with Crippen molar-refractivity contribution < 1.29 is 9.09 Å². The van der Waals surface area contributed by atoms with Gasteiger partial charge in [-0.25, -0.2) is 0 Å². The fourth-order valence-electron chi connectivity index (χ4n) is 1.64. The van der Waals surface area contributed by atoms with Crippen LogP contribution in [0, 0.1) is 5.92 Å². The molecule has 1 atom stereocenters. The highest BCUT2D eigenvalue weighted by molar-refractivity contribution is 8.56. The molecule has 0 bridgehead atoms. The summed E-state index contributed by atoms with van der Waals surface area (Å²) in [6, 6.07) is 0. The van der Waals surface area contributed by atoms with Crippen molar-refractivity contribution >= 4 is 41.5 Å². The van der Waals surface area contributed by atoms with E-state index in [-0.39, 0.29) is 0 Å². The SMILES string of the molecule is CCN(CC)CCSCCSCCSP(C)(=O)OCC(C)C. The smallest absolute Gasteiger partial charge is 0.254 e. The fourth-order valence-corrected chi connectivity index (χ4v) is 7.19. The van der Waals surface area contributed by atoms with Crippen LogP contribution in [0.15, 0.2) is 0 Å². The Morgan fingerprint density at radius 2 is 1.55 bits per heavy atom. The minimum absolute atomic E-state index is 0.441. The fraction of sp³-hybridized carbons (Fsp3) is 1.00. The minimum atomic E-state index is -2.44. The lowest BCUT2D eigenvalue weighted by Crippen LogP contribution is -2.25. The molecule has 0 aromatic carbocycles. The molecule has 1 unspecified atom stereocenters. The summed E-state index contributed by atoms with van der Waals surface area (Å²) in [5, 5.41) is 0. The van der Waals surface area contributed by atoms with Gasteiger partial charge >= 0.3 is 0 Å². The Hall–Kier alpha value is 1.20. The van der Waals surface area contributed by atoms with Crippen LogP contribution in [0.4, 0.5) is 0 Å². The van der Waals surface area contributed by atoms with Crippen molar-refractivity contribution in [3.8, 4) is 0 Å². The third-order valence-electron chi connectivity index (χ3n) is 3.01. The summed E-state index contributed by atoms with van der Waals surface area (Å²) >= 11 is 5.49. The Morgan fingerprint density at radius 1 is 1.00 bits per heavy atom.